The Morgan fingerprint density at radius 1 is 1.33 bits per heavy atom. The second kappa shape index (κ2) is 5.44. The molecule has 0 amide bonds. The lowest BCUT2D eigenvalue weighted by molar-refractivity contribution is -0.141. The van der Waals surface area contributed by atoms with Gasteiger partial charge in [0.05, 0.1) is 6.42 Å². The van der Waals surface area contributed by atoms with Crippen LogP contribution in [-0.2, 0) is 16.0 Å². The third-order valence-corrected chi connectivity index (χ3v) is 7.16. The van der Waals surface area contributed by atoms with Crippen LogP contribution in [-0.4, -0.2) is 16.9 Å². The number of carbonyl (C=O) groups is 2. The van der Waals surface area contributed by atoms with E-state index in [2.05, 4.69) is 32.0 Å². The lowest BCUT2D eigenvalue weighted by Gasteiger charge is -2.48. The van der Waals surface area contributed by atoms with Crippen molar-refractivity contribution >= 4 is 11.8 Å². The summed E-state index contributed by atoms with van der Waals surface area (Å²) >= 11 is 0. The predicted octanol–water partition coefficient (Wildman–Crippen LogP) is 4.12. The van der Waals surface area contributed by atoms with Gasteiger partial charge in [-0.3, -0.25) is 9.59 Å². The molecule has 24 heavy (non-hydrogen) atoms. The predicted molar refractivity (Wildman–Crippen MR) is 91.9 cm³/mol. The van der Waals surface area contributed by atoms with Crippen molar-refractivity contribution in [3.8, 4) is 0 Å². The SMILES string of the molecule is Cc1ccc2c(c1)CCC1C2CC[C@]2(C)C(=O)C(CC(=O)O)CC12. The van der Waals surface area contributed by atoms with Crippen molar-refractivity contribution in [2.75, 3.05) is 0 Å². The van der Waals surface area contributed by atoms with Gasteiger partial charge in [-0.25, -0.2) is 0 Å². The Bertz CT molecular complexity index is 707. The summed E-state index contributed by atoms with van der Waals surface area (Å²) in [6.45, 7) is 4.26. The molecule has 1 aromatic carbocycles. The van der Waals surface area contributed by atoms with Crippen LogP contribution in [0.15, 0.2) is 18.2 Å². The summed E-state index contributed by atoms with van der Waals surface area (Å²) in [4.78, 5) is 24.0. The van der Waals surface area contributed by atoms with Crippen molar-refractivity contribution in [3.05, 3.63) is 34.9 Å². The fraction of sp³-hybridized carbons (Fsp3) is 0.619. The zero-order chi connectivity index (χ0) is 17.1. The van der Waals surface area contributed by atoms with Crippen LogP contribution in [0, 0.1) is 30.1 Å². The molecule has 3 nitrogen and oxygen atoms in total. The average molecular weight is 326 g/mol. The van der Waals surface area contributed by atoms with Crippen LogP contribution in [0.25, 0.3) is 0 Å². The number of ketones is 1. The van der Waals surface area contributed by atoms with E-state index in [0.717, 1.165) is 32.1 Å². The largest absolute Gasteiger partial charge is 0.481 e. The van der Waals surface area contributed by atoms with Crippen molar-refractivity contribution in [2.45, 2.75) is 58.3 Å². The molecule has 0 spiro atoms. The molecule has 2 fully saturated rings. The number of hydrogen-bond donors (Lipinski definition) is 1. The van der Waals surface area contributed by atoms with Crippen LogP contribution in [0.1, 0.15) is 61.6 Å². The summed E-state index contributed by atoms with van der Waals surface area (Å²) in [5, 5.41) is 9.15. The Balaban J connectivity index is 1.66. The maximum Gasteiger partial charge on any atom is 0.304 e. The van der Waals surface area contributed by atoms with Gasteiger partial charge in [0, 0.05) is 11.3 Å². The van der Waals surface area contributed by atoms with E-state index in [1.54, 1.807) is 0 Å². The molecule has 0 saturated heterocycles. The molecule has 0 bridgehead atoms. The van der Waals surface area contributed by atoms with Crippen LogP contribution in [0.4, 0.5) is 0 Å². The summed E-state index contributed by atoms with van der Waals surface area (Å²) < 4.78 is 0. The third-order valence-electron chi connectivity index (χ3n) is 7.16. The Kier molecular flexibility index (Phi) is 3.59. The minimum absolute atomic E-state index is 0.0120. The first-order chi connectivity index (χ1) is 11.4. The van der Waals surface area contributed by atoms with Gasteiger partial charge in [-0.2, -0.15) is 0 Å². The monoisotopic (exact) mass is 326 g/mol. The molecule has 0 aliphatic heterocycles. The number of benzene rings is 1. The second-order valence-corrected chi connectivity index (χ2v) is 8.47. The van der Waals surface area contributed by atoms with Crippen molar-refractivity contribution in [3.63, 3.8) is 0 Å². The topological polar surface area (TPSA) is 54.4 Å². The molecule has 4 unspecified atom stereocenters. The van der Waals surface area contributed by atoms with Crippen LogP contribution >= 0.6 is 0 Å². The molecule has 0 aromatic heterocycles. The minimum atomic E-state index is -0.836. The van der Waals surface area contributed by atoms with E-state index in [1.807, 2.05) is 0 Å². The molecule has 0 heterocycles. The standard InChI is InChI=1S/C21H26O3/c1-12-3-5-15-13(9-12)4-6-17-16(15)7-8-21(2)18(17)10-14(20(21)24)11-19(22)23/h3,5,9,14,16-18H,4,6-8,10-11H2,1-2H3,(H,22,23)/t14?,16?,17?,18?,21-/m0/s1. The van der Waals surface area contributed by atoms with Gasteiger partial charge in [-0.15, -0.1) is 0 Å². The summed E-state index contributed by atoms with van der Waals surface area (Å²) in [5.74, 6) is 0.586. The molecule has 5 atom stereocenters. The van der Waals surface area contributed by atoms with E-state index in [-0.39, 0.29) is 23.5 Å². The average Bonchev–Trinajstić information content (AvgIpc) is 2.78. The van der Waals surface area contributed by atoms with Gasteiger partial charge >= 0.3 is 5.97 Å². The fourth-order valence-corrected chi connectivity index (χ4v) is 6.04. The Hall–Kier alpha value is -1.64. The summed E-state index contributed by atoms with van der Waals surface area (Å²) in [7, 11) is 0. The van der Waals surface area contributed by atoms with E-state index in [1.165, 1.54) is 16.7 Å². The Labute approximate surface area is 143 Å². The number of hydrogen-bond acceptors (Lipinski definition) is 2. The van der Waals surface area contributed by atoms with Gasteiger partial charge in [-0.1, -0.05) is 30.7 Å². The highest BCUT2D eigenvalue weighted by Crippen LogP contribution is 2.61. The van der Waals surface area contributed by atoms with E-state index in [4.69, 9.17) is 5.11 Å². The van der Waals surface area contributed by atoms with Crippen LogP contribution in [0.2, 0.25) is 0 Å². The van der Waals surface area contributed by atoms with Gasteiger partial charge in [-0.05, 0) is 67.9 Å². The maximum absolute atomic E-state index is 12.9. The zero-order valence-electron chi connectivity index (χ0n) is 14.5. The Morgan fingerprint density at radius 3 is 2.88 bits per heavy atom. The molecule has 1 aromatic rings. The molecule has 1 N–H and O–H groups in total. The van der Waals surface area contributed by atoms with Crippen LogP contribution in [0.3, 0.4) is 0 Å². The molecule has 4 rings (SSSR count). The molecular formula is C21H26O3. The number of carboxylic acids is 1. The first kappa shape index (κ1) is 15.9. The lowest BCUT2D eigenvalue weighted by Crippen LogP contribution is -2.42. The Morgan fingerprint density at radius 2 is 2.12 bits per heavy atom. The van der Waals surface area contributed by atoms with Crippen LogP contribution < -0.4 is 0 Å². The van der Waals surface area contributed by atoms with E-state index in [9.17, 15) is 9.59 Å². The molecule has 3 heteroatoms. The maximum atomic E-state index is 12.9. The lowest BCUT2D eigenvalue weighted by atomic mass is 9.55. The number of Topliss-reactive ketones (excluding diaryl/α,β-unsaturated/α-hetero) is 1. The number of carboxylic acid groups (broad SMARTS) is 1. The highest BCUT2D eigenvalue weighted by Gasteiger charge is 2.58. The number of aryl methyl sites for hydroxylation is 2. The highest BCUT2D eigenvalue weighted by atomic mass is 16.4. The van der Waals surface area contributed by atoms with E-state index in [0.29, 0.717) is 17.8 Å². The first-order valence-electron chi connectivity index (χ1n) is 9.25. The molecule has 2 saturated carbocycles. The van der Waals surface area contributed by atoms with Gasteiger partial charge in [0.15, 0.2) is 0 Å². The van der Waals surface area contributed by atoms with E-state index < -0.39 is 5.97 Å². The van der Waals surface area contributed by atoms with E-state index >= 15 is 0 Å². The third kappa shape index (κ3) is 2.24. The van der Waals surface area contributed by atoms with Gasteiger partial charge in [0.2, 0.25) is 0 Å². The fourth-order valence-electron chi connectivity index (χ4n) is 6.04. The van der Waals surface area contributed by atoms with Crippen molar-refractivity contribution < 1.29 is 14.7 Å². The molecule has 0 radical (unpaired) electrons. The minimum Gasteiger partial charge on any atom is -0.481 e. The second-order valence-electron chi connectivity index (χ2n) is 8.47. The van der Waals surface area contributed by atoms with Crippen LogP contribution in [0.5, 0.6) is 0 Å². The summed E-state index contributed by atoms with van der Waals surface area (Å²) in [6.07, 6.45) is 5.03. The highest BCUT2D eigenvalue weighted by molar-refractivity contribution is 5.92. The first-order valence-corrected chi connectivity index (χ1v) is 9.25. The number of aliphatic carboxylic acids is 1. The smallest absolute Gasteiger partial charge is 0.304 e. The zero-order valence-corrected chi connectivity index (χ0v) is 14.5. The van der Waals surface area contributed by atoms with Crippen molar-refractivity contribution in [2.24, 2.45) is 23.2 Å². The number of carbonyl (C=O) groups excluding carboxylic acids is 1. The van der Waals surface area contributed by atoms with Crippen molar-refractivity contribution in [1.29, 1.82) is 0 Å². The quantitative estimate of drug-likeness (QED) is 0.889. The number of fused-ring (bicyclic) bond motifs is 5. The molecular weight excluding hydrogens is 300 g/mol. The van der Waals surface area contributed by atoms with Crippen molar-refractivity contribution in [1.82, 2.24) is 0 Å². The number of rotatable bonds is 2. The molecule has 3 aliphatic carbocycles. The van der Waals surface area contributed by atoms with Gasteiger partial charge in [0.25, 0.3) is 0 Å². The molecule has 3 aliphatic rings. The summed E-state index contributed by atoms with van der Waals surface area (Å²) in [6, 6.07) is 6.84. The molecule has 128 valence electrons. The summed E-state index contributed by atoms with van der Waals surface area (Å²) in [5.41, 5.74) is 4.02. The van der Waals surface area contributed by atoms with Gasteiger partial charge < -0.3 is 5.11 Å². The van der Waals surface area contributed by atoms with Gasteiger partial charge in [0.1, 0.15) is 5.78 Å². The normalized spacial score (nSPS) is 37.5.